The number of ether oxygens (including phenoxy) is 1. The van der Waals surface area contributed by atoms with Crippen molar-refractivity contribution >= 4 is 5.91 Å². The highest BCUT2D eigenvalue weighted by atomic mass is 16.5. The number of aryl methyl sites for hydroxylation is 1. The van der Waals surface area contributed by atoms with Crippen molar-refractivity contribution in [3.8, 4) is 0 Å². The van der Waals surface area contributed by atoms with Crippen LogP contribution in [0.1, 0.15) is 36.2 Å². The van der Waals surface area contributed by atoms with Crippen LogP contribution in [0.25, 0.3) is 0 Å². The third-order valence-electron chi connectivity index (χ3n) is 5.09. The van der Waals surface area contributed by atoms with Crippen LogP contribution in [0.15, 0.2) is 12.3 Å². The van der Waals surface area contributed by atoms with Crippen LogP contribution in [0.4, 0.5) is 0 Å². The van der Waals surface area contributed by atoms with Gasteiger partial charge in [-0.15, -0.1) is 0 Å². The number of likely N-dealkylation sites (tertiary alicyclic amines) is 1. The van der Waals surface area contributed by atoms with E-state index in [9.17, 15) is 4.79 Å². The molecule has 0 aromatic carbocycles. The number of amides is 1. The van der Waals surface area contributed by atoms with E-state index in [2.05, 4.69) is 24.1 Å². The summed E-state index contributed by atoms with van der Waals surface area (Å²) in [6.07, 6.45) is 5.84. The normalized spacial score (nSPS) is 24.9. The first-order valence-corrected chi connectivity index (χ1v) is 8.08. The third kappa shape index (κ3) is 3.03. The summed E-state index contributed by atoms with van der Waals surface area (Å²) < 4.78 is 7.81. The molecule has 3 rings (SSSR count). The van der Waals surface area contributed by atoms with E-state index in [1.807, 2.05) is 18.1 Å². The lowest BCUT2D eigenvalue weighted by Crippen LogP contribution is -2.53. The molecule has 1 atom stereocenters. The molecule has 2 aliphatic rings. The predicted molar refractivity (Wildman–Crippen MR) is 83.7 cm³/mol. The fourth-order valence-corrected chi connectivity index (χ4v) is 3.60. The van der Waals surface area contributed by atoms with Gasteiger partial charge in [0.15, 0.2) is 0 Å². The topological polar surface area (TPSA) is 50.6 Å². The molecule has 0 saturated carbocycles. The number of hydrogen-bond acceptors (Lipinski definition) is 4. The number of hydrogen-bond donors (Lipinski definition) is 0. The summed E-state index contributed by atoms with van der Waals surface area (Å²) >= 11 is 0. The molecule has 6 heteroatoms. The van der Waals surface area contributed by atoms with Gasteiger partial charge in [0, 0.05) is 39.0 Å². The minimum Gasteiger partial charge on any atom is -0.375 e. The molecule has 1 aromatic heterocycles. The zero-order chi connectivity index (χ0) is 15.7. The Morgan fingerprint density at radius 2 is 2.14 bits per heavy atom. The predicted octanol–water partition coefficient (Wildman–Crippen LogP) is 1.14. The van der Waals surface area contributed by atoms with Gasteiger partial charge in [-0.25, -0.2) is 0 Å². The molecule has 2 fully saturated rings. The largest absolute Gasteiger partial charge is 0.375 e. The van der Waals surface area contributed by atoms with Gasteiger partial charge < -0.3 is 14.5 Å². The minimum absolute atomic E-state index is 0.0336. The molecule has 0 N–H and O–H groups in total. The molecule has 22 heavy (non-hydrogen) atoms. The Bertz CT molecular complexity index is 532. The monoisotopic (exact) mass is 306 g/mol. The lowest BCUT2D eigenvalue weighted by molar-refractivity contribution is -0.125. The van der Waals surface area contributed by atoms with Gasteiger partial charge in [-0.1, -0.05) is 0 Å². The van der Waals surface area contributed by atoms with Crippen LogP contribution in [0.5, 0.6) is 0 Å². The van der Waals surface area contributed by atoms with Crippen molar-refractivity contribution in [3.63, 3.8) is 0 Å². The highest BCUT2D eigenvalue weighted by Crippen LogP contribution is 2.36. The van der Waals surface area contributed by atoms with E-state index in [1.54, 1.807) is 10.7 Å². The molecule has 122 valence electrons. The van der Waals surface area contributed by atoms with Gasteiger partial charge >= 0.3 is 0 Å². The molecule has 1 spiro atoms. The van der Waals surface area contributed by atoms with E-state index < -0.39 is 0 Å². The fourth-order valence-electron chi connectivity index (χ4n) is 3.60. The molecular formula is C16H26N4O2. The quantitative estimate of drug-likeness (QED) is 0.822. The average Bonchev–Trinajstić information content (AvgIpc) is 2.94. The number of piperidine rings is 1. The Hall–Kier alpha value is -1.40. The maximum absolute atomic E-state index is 12.5. The van der Waals surface area contributed by atoms with Gasteiger partial charge in [0.1, 0.15) is 5.69 Å². The van der Waals surface area contributed by atoms with Gasteiger partial charge in [-0.3, -0.25) is 9.48 Å². The van der Waals surface area contributed by atoms with Gasteiger partial charge in [-0.2, -0.15) is 5.10 Å². The van der Waals surface area contributed by atoms with E-state index in [4.69, 9.17) is 4.74 Å². The first-order chi connectivity index (χ1) is 10.5. The van der Waals surface area contributed by atoms with Crippen LogP contribution in [-0.2, 0) is 11.8 Å². The second-order valence-electron chi connectivity index (χ2n) is 6.81. The Kier molecular flexibility index (Phi) is 4.23. The number of rotatable bonds is 2. The van der Waals surface area contributed by atoms with Crippen molar-refractivity contribution < 1.29 is 9.53 Å². The lowest BCUT2D eigenvalue weighted by Gasteiger charge is -2.47. The Morgan fingerprint density at radius 1 is 1.41 bits per heavy atom. The average molecular weight is 306 g/mol. The van der Waals surface area contributed by atoms with Crippen LogP contribution in [0.2, 0.25) is 0 Å². The maximum Gasteiger partial charge on any atom is 0.274 e. The van der Waals surface area contributed by atoms with E-state index in [1.165, 1.54) is 0 Å². The summed E-state index contributed by atoms with van der Waals surface area (Å²) in [5.74, 6) is 0.0374. The van der Waals surface area contributed by atoms with Crippen molar-refractivity contribution in [1.29, 1.82) is 0 Å². The Morgan fingerprint density at radius 3 is 2.73 bits per heavy atom. The molecule has 3 heterocycles. The van der Waals surface area contributed by atoms with Crippen LogP contribution in [0.3, 0.4) is 0 Å². The highest BCUT2D eigenvalue weighted by Gasteiger charge is 2.41. The first-order valence-electron chi connectivity index (χ1n) is 8.08. The molecule has 6 nitrogen and oxygen atoms in total. The van der Waals surface area contributed by atoms with Crippen molar-refractivity contribution in [2.24, 2.45) is 7.05 Å². The second-order valence-corrected chi connectivity index (χ2v) is 6.81. The van der Waals surface area contributed by atoms with E-state index in [0.717, 1.165) is 45.4 Å². The van der Waals surface area contributed by atoms with Gasteiger partial charge in [0.05, 0.1) is 5.60 Å². The van der Waals surface area contributed by atoms with E-state index in [0.29, 0.717) is 11.7 Å². The summed E-state index contributed by atoms with van der Waals surface area (Å²) in [5, 5.41) is 4.21. The number of nitrogens with zero attached hydrogens (tertiary/aromatic N) is 4. The fraction of sp³-hybridized carbons (Fsp3) is 0.750. The number of aromatic nitrogens is 2. The number of carbonyl (C=O) groups excluding carboxylic acids is 1. The van der Waals surface area contributed by atoms with Crippen LogP contribution >= 0.6 is 0 Å². The van der Waals surface area contributed by atoms with Crippen LogP contribution in [0, 0.1) is 0 Å². The van der Waals surface area contributed by atoms with Crippen LogP contribution < -0.4 is 0 Å². The Labute approximate surface area is 132 Å². The molecule has 0 bridgehead atoms. The second kappa shape index (κ2) is 6.01. The van der Waals surface area contributed by atoms with Gasteiger partial charge in [-0.05, 0) is 45.8 Å². The molecular weight excluding hydrogens is 280 g/mol. The van der Waals surface area contributed by atoms with Gasteiger partial charge in [0.2, 0.25) is 0 Å². The smallest absolute Gasteiger partial charge is 0.274 e. The molecule has 2 aliphatic heterocycles. The Balaban J connectivity index is 1.61. The van der Waals surface area contributed by atoms with Gasteiger partial charge in [0.25, 0.3) is 5.91 Å². The summed E-state index contributed by atoms with van der Waals surface area (Å²) in [4.78, 5) is 16.7. The first kappa shape index (κ1) is 15.5. The molecule has 2 saturated heterocycles. The highest BCUT2D eigenvalue weighted by molar-refractivity contribution is 5.92. The summed E-state index contributed by atoms with van der Waals surface area (Å²) in [7, 11) is 6.12. The summed E-state index contributed by atoms with van der Waals surface area (Å²) in [6, 6.07) is 2.37. The van der Waals surface area contributed by atoms with Crippen LogP contribution in [-0.4, -0.2) is 70.9 Å². The van der Waals surface area contributed by atoms with Crippen molar-refractivity contribution in [3.05, 3.63) is 18.0 Å². The minimum atomic E-state index is -0.0336. The molecule has 0 radical (unpaired) electrons. The molecule has 0 aliphatic carbocycles. The maximum atomic E-state index is 12.5. The zero-order valence-corrected chi connectivity index (χ0v) is 13.8. The molecule has 0 unspecified atom stereocenters. The molecule has 1 amide bonds. The lowest BCUT2D eigenvalue weighted by atomic mass is 9.82. The SMILES string of the molecule is CN(C)[C@@H]1CCOC2(CCN(C(=O)c3ccn(C)n3)CC2)C1. The van der Waals surface area contributed by atoms with E-state index in [-0.39, 0.29) is 11.5 Å². The standard InChI is InChI=1S/C16H26N4O2/c1-18(2)13-5-11-22-16(12-13)6-9-20(10-7-16)15(21)14-4-8-19(3)17-14/h4,8,13H,5-7,9-12H2,1-3H3/t13-/m1/s1. The van der Waals surface area contributed by atoms with E-state index >= 15 is 0 Å². The van der Waals surface area contributed by atoms with Crippen molar-refractivity contribution in [2.75, 3.05) is 33.8 Å². The summed E-state index contributed by atoms with van der Waals surface area (Å²) in [6.45, 7) is 2.35. The summed E-state index contributed by atoms with van der Waals surface area (Å²) in [5.41, 5.74) is 0.503. The van der Waals surface area contributed by atoms with Crippen molar-refractivity contribution in [2.45, 2.75) is 37.3 Å². The zero-order valence-electron chi connectivity index (χ0n) is 13.8. The third-order valence-corrected chi connectivity index (χ3v) is 5.09. The molecule has 1 aromatic rings. The number of carbonyl (C=O) groups is 1. The van der Waals surface area contributed by atoms with Crippen molar-refractivity contribution in [1.82, 2.24) is 19.6 Å².